The van der Waals surface area contributed by atoms with E-state index in [1.54, 1.807) is 0 Å². The first-order valence-electron chi connectivity index (χ1n) is 6.92. The van der Waals surface area contributed by atoms with E-state index in [1.807, 2.05) is 32.0 Å². The zero-order valence-electron chi connectivity index (χ0n) is 12.1. The van der Waals surface area contributed by atoms with Crippen LogP contribution in [-0.2, 0) is 17.9 Å². The van der Waals surface area contributed by atoms with E-state index in [1.165, 1.54) is 5.56 Å². The van der Waals surface area contributed by atoms with Crippen LogP contribution in [0.1, 0.15) is 31.9 Å². The highest BCUT2D eigenvalue weighted by Crippen LogP contribution is 2.13. The van der Waals surface area contributed by atoms with Gasteiger partial charge in [-0.3, -0.25) is 9.69 Å². The minimum atomic E-state index is -0.129. The van der Waals surface area contributed by atoms with Crippen LogP contribution in [0.15, 0.2) is 24.3 Å². The zero-order valence-corrected chi connectivity index (χ0v) is 12.1. The van der Waals surface area contributed by atoms with Crippen molar-refractivity contribution in [2.75, 3.05) is 13.1 Å². The van der Waals surface area contributed by atoms with E-state index < -0.39 is 0 Å². The van der Waals surface area contributed by atoms with Crippen molar-refractivity contribution >= 4 is 5.91 Å². The highest BCUT2D eigenvalue weighted by molar-refractivity contribution is 5.81. The molecule has 0 aliphatic rings. The van der Waals surface area contributed by atoms with Gasteiger partial charge in [-0.15, -0.1) is 0 Å². The number of hydrogen-bond donors (Lipinski definition) is 2. The average Bonchev–Trinajstić information content (AvgIpc) is 2.44. The Labute approximate surface area is 116 Å². The van der Waals surface area contributed by atoms with Crippen molar-refractivity contribution in [3.8, 4) is 0 Å². The van der Waals surface area contributed by atoms with Gasteiger partial charge in [0, 0.05) is 19.6 Å². The van der Waals surface area contributed by atoms with Gasteiger partial charge in [-0.25, -0.2) is 0 Å². The van der Waals surface area contributed by atoms with Crippen molar-refractivity contribution < 1.29 is 4.79 Å². The highest BCUT2D eigenvalue weighted by Gasteiger charge is 2.20. The lowest BCUT2D eigenvalue weighted by atomic mass is 10.1. The Hall–Kier alpha value is -1.39. The lowest BCUT2D eigenvalue weighted by Crippen LogP contribution is -2.44. The van der Waals surface area contributed by atoms with Crippen LogP contribution >= 0.6 is 0 Å². The Kier molecular flexibility index (Phi) is 6.53. The van der Waals surface area contributed by atoms with E-state index >= 15 is 0 Å². The zero-order chi connectivity index (χ0) is 14.3. The summed E-state index contributed by atoms with van der Waals surface area (Å²) in [6.45, 7) is 8.73. The predicted molar refractivity (Wildman–Crippen MR) is 78.6 cm³/mol. The molecule has 0 saturated carbocycles. The van der Waals surface area contributed by atoms with Gasteiger partial charge in [0.25, 0.3) is 0 Å². The molecule has 1 rings (SSSR count). The van der Waals surface area contributed by atoms with Crippen molar-refractivity contribution in [1.82, 2.24) is 10.2 Å². The number of benzene rings is 1. The van der Waals surface area contributed by atoms with Crippen molar-refractivity contribution in [3.63, 3.8) is 0 Å². The van der Waals surface area contributed by atoms with Crippen LogP contribution in [-0.4, -0.2) is 29.9 Å². The van der Waals surface area contributed by atoms with Crippen LogP contribution in [0.3, 0.4) is 0 Å². The minimum Gasteiger partial charge on any atom is -0.355 e. The molecule has 1 atom stereocenters. The topological polar surface area (TPSA) is 58.4 Å². The monoisotopic (exact) mass is 263 g/mol. The van der Waals surface area contributed by atoms with Crippen LogP contribution < -0.4 is 11.1 Å². The summed E-state index contributed by atoms with van der Waals surface area (Å²) in [6.07, 6.45) is 0. The number of amides is 1. The molecule has 0 aromatic heterocycles. The lowest BCUT2D eigenvalue weighted by Gasteiger charge is -2.27. The molecule has 0 heterocycles. The fourth-order valence-corrected chi connectivity index (χ4v) is 2.14. The number of carbonyl (C=O) groups is 1. The first-order chi connectivity index (χ1) is 9.13. The molecule has 0 aliphatic carbocycles. The third-order valence-corrected chi connectivity index (χ3v) is 3.40. The summed E-state index contributed by atoms with van der Waals surface area (Å²) in [6, 6.07) is 8.00. The van der Waals surface area contributed by atoms with Gasteiger partial charge in [0.1, 0.15) is 0 Å². The average molecular weight is 263 g/mol. The van der Waals surface area contributed by atoms with Crippen molar-refractivity contribution in [1.29, 1.82) is 0 Å². The van der Waals surface area contributed by atoms with Crippen LogP contribution in [0.25, 0.3) is 0 Å². The van der Waals surface area contributed by atoms with Crippen molar-refractivity contribution in [3.05, 3.63) is 35.4 Å². The molecule has 4 heteroatoms. The molecule has 1 amide bonds. The first-order valence-corrected chi connectivity index (χ1v) is 6.92. The first kappa shape index (κ1) is 15.7. The Morgan fingerprint density at radius 2 is 1.95 bits per heavy atom. The molecule has 1 aromatic carbocycles. The molecular formula is C15H25N3O. The van der Waals surface area contributed by atoms with Crippen LogP contribution in [0, 0.1) is 0 Å². The number of nitrogens with zero attached hydrogens (tertiary/aromatic N) is 1. The van der Waals surface area contributed by atoms with Gasteiger partial charge >= 0.3 is 0 Å². The molecule has 0 radical (unpaired) electrons. The summed E-state index contributed by atoms with van der Waals surface area (Å²) in [5.74, 6) is 0.0783. The third kappa shape index (κ3) is 4.33. The summed E-state index contributed by atoms with van der Waals surface area (Å²) >= 11 is 0. The maximum atomic E-state index is 11.9. The van der Waals surface area contributed by atoms with E-state index in [2.05, 4.69) is 23.2 Å². The molecule has 0 aliphatic heterocycles. The molecular weight excluding hydrogens is 238 g/mol. The van der Waals surface area contributed by atoms with Crippen LogP contribution in [0.4, 0.5) is 0 Å². The number of nitrogens with two attached hydrogens (primary N) is 1. The number of carbonyl (C=O) groups excluding carboxylic acids is 1. The van der Waals surface area contributed by atoms with Gasteiger partial charge in [-0.2, -0.15) is 0 Å². The molecule has 0 bridgehead atoms. The minimum absolute atomic E-state index is 0.0783. The van der Waals surface area contributed by atoms with Gasteiger partial charge < -0.3 is 11.1 Å². The largest absolute Gasteiger partial charge is 0.355 e. The summed E-state index contributed by atoms with van der Waals surface area (Å²) in [4.78, 5) is 14.1. The quantitative estimate of drug-likeness (QED) is 0.783. The van der Waals surface area contributed by atoms with Crippen LogP contribution in [0.5, 0.6) is 0 Å². The number of hydrogen-bond acceptors (Lipinski definition) is 3. The number of nitrogens with one attached hydrogen (secondary N) is 1. The second-order valence-electron chi connectivity index (χ2n) is 4.61. The number of rotatable bonds is 7. The summed E-state index contributed by atoms with van der Waals surface area (Å²) < 4.78 is 0. The van der Waals surface area contributed by atoms with E-state index in [-0.39, 0.29) is 11.9 Å². The molecule has 1 unspecified atom stereocenters. The van der Waals surface area contributed by atoms with Gasteiger partial charge in [0.2, 0.25) is 5.91 Å². The molecule has 1 aromatic rings. The van der Waals surface area contributed by atoms with Gasteiger partial charge in [0.05, 0.1) is 6.04 Å². The van der Waals surface area contributed by atoms with Crippen molar-refractivity contribution in [2.24, 2.45) is 5.73 Å². The lowest BCUT2D eigenvalue weighted by molar-refractivity contribution is -0.125. The Morgan fingerprint density at radius 3 is 2.47 bits per heavy atom. The standard InChI is InChI=1S/C15H25N3O/c1-4-17-15(19)12(3)18(5-2)11-14-9-7-6-8-13(14)10-16/h6-9,12H,4-5,10-11,16H2,1-3H3,(H,17,19). The Bertz CT molecular complexity index is 406. The smallest absolute Gasteiger partial charge is 0.237 e. The third-order valence-electron chi connectivity index (χ3n) is 3.40. The highest BCUT2D eigenvalue weighted by atomic mass is 16.2. The number of likely N-dealkylation sites (N-methyl/N-ethyl adjacent to an activating group) is 2. The van der Waals surface area contributed by atoms with E-state index in [4.69, 9.17) is 5.73 Å². The summed E-state index contributed by atoms with van der Waals surface area (Å²) in [5, 5.41) is 2.87. The Morgan fingerprint density at radius 1 is 1.32 bits per heavy atom. The fraction of sp³-hybridized carbons (Fsp3) is 0.533. The van der Waals surface area contributed by atoms with Gasteiger partial charge in [-0.1, -0.05) is 31.2 Å². The second kappa shape index (κ2) is 7.92. The normalized spacial score (nSPS) is 12.5. The molecule has 0 fully saturated rings. The molecule has 4 nitrogen and oxygen atoms in total. The molecule has 3 N–H and O–H groups in total. The summed E-state index contributed by atoms with van der Waals surface area (Å²) in [7, 11) is 0. The SMILES string of the molecule is CCNC(=O)C(C)N(CC)Cc1ccccc1CN. The van der Waals surface area contributed by atoms with Gasteiger partial charge in [-0.05, 0) is 31.5 Å². The van der Waals surface area contributed by atoms with Gasteiger partial charge in [0.15, 0.2) is 0 Å². The van der Waals surface area contributed by atoms with E-state index in [0.717, 1.165) is 18.7 Å². The molecule has 0 spiro atoms. The van der Waals surface area contributed by atoms with E-state index in [9.17, 15) is 4.79 Å². The molecule has 0 saturated heterocycles. The fourth-order valence-electron chi connectivity index (χ4n) is 2.14. The maximum Gasteiger partial charge on any atom is 0.237 e. The van der Waals surface area contributed by atoms with Crippen molar-refractivity contribution in [2.45, 2.75) is 39.9 Å². The second-order valence-corrected chi connectivity index (χ2v) is 4.61. The Balaban J connectivity index is 2.78. The van der Waals surface area contributed by atoms with Crippen LogP contribution in [0.2, 0.25) is 0 Å². The summed E-state index contributed by atoms with van der Waals surface area (Å²) in [5.41, 5.74) is 8.09. The molecule has 19 heavy (non-hydrogen) atoms. The van der Waals surface area contributed by atoms with E-state index in [0.29, 0.717) is 13.1 Å². The maximum absolute atomic E-state index is 11.9. The predicted octanol–water partition coefficient (Wildman–Crippen LogP) is 1.49. The molecule has 106 valence electrons.